The molecule has 0 bridgehead atoms. The molecular formula is C22H21N5O. The van der Waals surface area contributed by atoms with Gasteiger partial charge in [-0.25, -0.2) is 14.6 Å². The maximum Gasteiger partial charge on any atom is 0.161 e. The van der Waals surface area contributed by atoms with Gasteiger partial charge in [0.05, 0.1) is 5.39 Å². The van der Waals surface area contributed by atoms with Gasteiger partial charge < -0.3 is 10.1 Å². The zero-order valence-electron chi connectivity index (χ0n) is 15.5. The number of para-hydroxylation sites is 1. The van der Waals surface area contributed by atoms with Crippen molar-refractivity contribution < 1.29 is 4.74 Å². The molecule has 6 heteroatoms. The zero-order valence-corrected chi connectivity index (χ0v) is 15.5. The lowest BCUT2D eigenvalue weighted by molar-refractivity contribution is 0.458. The molecule has 1 saturated heterocycles. The number of nitrogens with zero attached hydrogens (tertiary/aromatic N) is 4. The molecule has 2 aromatic carbocycles. The van der Waals surface area contributed by atoms with Crippen LogP contribution in [0.25, 0.3) is 22.3 Å². The van der Waals surface area contributed by atoms with Gasteiger partial charge in [0.25, 0.3) is 0 Å². The molecule has 0 aliphatic carbocycles. The summed E-state index contributed by atoms with van der Waals surface area (Å²) < 4.78 is 7.92. The lowest BCUT2D eigenvalue weighted by Crippen LogP contribution is -2.15. The SMILES string of the molecule is c1ccc(Oc2ccc(-c3nn(C[C@H]4CCNC4)c4ncncc34)cc2)cc1. The second-order valence-electron chi connectivity index (χ2n) is 7.09. The zero-order chi connectivity index (χ0) is 18.8. The Morgan fingerprint density at radius 2 is 1.86 bits per heavy atom. The average molecular weight is 371 g/mol. The van der Waals surface area contributed by atoms with Gasteiger partial charge in [-0.15, -0.1) is 0 Å². The molecule has 1 fully saturated rings. The molecule has 28 heavy (non-hydrogen) atoms. The standard InChI is InChI=1S/C22H21N5O/c1-2-4-18(5-3-1)28-19-8-6-17(7-9-19)21-20-13-24-15-25-22(20)27(26-21)14-16-10-11-23-12-16/h1-9,13,15-16,23H,10-12,14H2/t16-/m0/s1. The highest BCUT2D eigenvalue weighted by atomic mass is 16.5. The Balaban J connectivity index is 1.45. The van der Waals surface area contributed by atoms with E-state index in [2.05, 4.69) is 15.3 Å². The van der Waals surface area contributed by atoms with Crippen molar-refractivity contribution in [3.63, 3.8) is 0 Å². The predicted octanol–water partition coefficient (Wildman–Crippen LogP) is 3.90. The van der Waals surface area contributed by atoms with Crippen molar-refractivity contribution >= 4 is 11.0 Å². The third-order valence-corrected chi connectivity index (χ3v) is 5.11. The van der Waals surface area contributed by atoms with Crippen molar-refractivity contribution in [2.45, 2.75) is 13.0 Å². The Morgan fingerprint density at radius 1 is 1.04 bits per heavy atom. The molecule has 3 heterocycles. The van der Waals surface area contributed by atoms with Gasteiger partial charge in [0.1, 0.15) is 23.5 Å². The fourth-order valence-electron chi connectivity index (χ4n) is 3.68. The van der Waals surface area contributed by atoms with Gasteiger partial charge >= 0.3 is 0 Å². The van der Waals surface area contributed by atoms with Crippen molar-refractivity contribution in [3.8, 4) is 22.8 Å². The summed E-state index contributed by atoms with van der Waals surface area (Å²) in [6.07, 6.45) is 4.61. The van der Waals surface area contributed by atoms with Gasteiger partial charge in [-0.3, -0.25) is 0 Å². The number of nitrogens with one attached hydrogen (secondary N) is 1. The fraction of sp³-hybridized carbons (Fsp3) is 0.227. The molecule has 0 radical (unpaired) electrons. The van der Waals surface area contributed by atoms with Crippen LogP contribution in [0.4, 0.5) is 0 Å². The van der Waals surface area contributed by atoms with Crippen LogP contribution in [0.2, 0.25) is 0 Å². The van der Waals surface area contributed by atoms with Gasteiger partial charge in [0.15, 0.2) is 5.65 Å². The lowest BCUT2D eigenvalue weighted by Gasteiger charge is -2.08. The van der Waals surface area contributed by atoms with Gasteiger partial charge in [-0.2, -0.15) is 5.10 Å². The summed E-state index contributed by atoms with van der Waals surface area (Å²) in [5.41, 5.74) is 2.83. The molecule has 0 saturated carbocycles. The van der Waals surface area contributed by atoms with E-state index in [-0.39, 0.29) is 0 Å². The number of benzene rings is 2. The minimum absolute atomic E-state index is 0.590. The molecule has 2 aromatic heterocycles. The van der Waals surface area contributed by atoms with Crippen molar-refractivity contribution in [3.05, 3.63) is 67.1 Å². The van der Waals surface area contributed by atoms with Crippen LogP contribution in [0.15, 0.2) is 67.1 Å². The Bertz CT molecular complexity index is 1070. The van der Waals surface area contributed by atoms with Crippen molar-refractivity contribution in [2.75, 3.05) is 13.1 Å². The van der Waals surface area contributed by atoms with E-state index in [0.29, 0.717) is 5.92 Å². The van der Waals surface area contributed by atoms with E-state index in [1.165, 1.54) is 6.42 Å². The molecule has 0 spiro atoms. The maximum absolute atomic E-state index is 5.89. The summed E-state index contributed by atoms with van der Waals surface area (Å²) in [6, 6.07) is 17.8. The van der Waals surface area contributed by atoms with Crippen LogP contribution in [-0.4, -0.2) is 32.8 Å². The molecule has 1 aliphatic rings. The van der Waals surface area contributed by atoms with Gasteiger partial charge in [-0.05, 0) is 61.8 Å². The number of ether oxygens (including phenoxy) is 1. The number of hydrogen-bond acceptors (Lipinski definition) is 5. The topological polar surface area (TPSA) is 64.9 Å². The van der Waals surface area contributed by atoms with E-state index in [9.17, 15) is 0 Å². The Labute approximate surface area is 163 Å². The number of hydrogen-bond donors (Lipinski definition) is 1. The number of rotatable bonds is 5. The normalized spacial score (nSPS) is 16.5. The molecule has 0 amide bonds. The molecule has 1 N–H and O–H groups in total. The first-order chi connectivity index (χ1) is 13.9. The molecular weight excluding hydrogens is 350 g/mol. The largest absolute Gasteiger partial charge is 0.457 e. The van der Waals surface area contributed by atoms with E-state index in [1.54, 1.807) is 6.33 Å². The van der Waals surface area contributed by atoms with Crippen molar-refractivity contribution in [1.29, 1.82) is 0 Å². The molecule has 1 atom stereocenters. The van der Waals surface area contributed by atoms with Gasteiger partial charge in [0, 0.05) is 18.3 Å². The van der Waals surface area contributed by atoms with E-state index < -0.39 is 0 Å². The molecule has 1 aliphatic heterocycles. The highest BCUT2D eigenvalue weighted by Crippen LogP contribution is 2.30. The van der Waals surface area contributed by atoms with Crippen molar-refractivity contribution in [2.24, 2.45) is 5.92 Å². The lowest BCUT2D eigenvalue weighted by atomic mass is 10.1. The average Bonchev–Trinajstić information content (AvgIpc) is 3.38. The molecule has 0 unspecified atom stereocenters. The van der Waals surface area contributed by atoms with Gasteiger partial charge in [-0.1, -0.05) is 18.2 Å². The fourth-order valence-corrected chi connectivity index (χ4v) is 3.68. The maximum atomic E-state index is 5.89. The van der Waals surface area contributed by atoms with Crippen LogP contribution in [0.5, 0.6) is 11.5 Å². The van der Waals surface area contributed by atoms with Crippen LogP contribution in [0.1, 0.15) is 6.42 Å². The highest BCUT2D eigenvalue weighted by molar-refractivity contribution is 5.90. The highest BCUT2D eigenvalue weighted by Gasteiger charge is 2.19. The first-order valence-electron chi connectivity index (χ1n) is 9.57. The summed E-state index contributed by atoms with van der Waals surface area (Å²) in [7, 11) is 0. The minimum Gasteiger partial charge on any atom is -0.457 e. The monoisotopic (exact) mass is 371 g/mol. The summed E-state index contributed by atoms with van der Waals surface area (Å²) in [5, 5.41) is 9.28. The van der Waals surface area contributed by atoms with Crippen LogP contribution >= 0.6 is 0 Å². The quantitative estimate of drug-likeness (QED) is 0.576. The van der Waals surface area contributed by atoms with E-state index in [1.807, 2.05) is 65.5 Å². The molecule has 4 aromatic rings. The Hall–Kier alpha value is -3.25. The molecule has 5 rings (SSSR count). The molecule has 6 nitrogen and oxygen atoms in total. The van der Waals surface area contributed by atoms with E-state index >= 15 is 0 Å². The second-order valence-corrected chi connectivity index (χ2v) is 7.09. The minimum atomic E-state index is 0.590. The van der Waals surface area contributed by atoms with E-state index in [4.69, 9.17) is 9.84 Å². The summed E-state index contributed by atoms with van der Waals surface area (Å²) in [4.78, 5) is 8.70. The summed E-state index contributed by atoms with van der Waals surface area (Å²) in [6.45, 7) is 2.98. The van der Waals surface area contributed by atoms with Crippen LogP contribution in [0, 0.1) is 5.92 Å². The Morgan fingerprint density at radius 3 is 2.64 bits per heavy atom. The first-order valence-corrected chi connectivity index (χ1v) is 9.57. The van der Waals surface area contributed by atoms with Crippen LogP contribution in [-0.2, 0) is 6.54 Å². The summed E-state index contributed by atoms with van der Waals surface area (Å²) >= 11 is 0. The van der Waals surface area contributed by atoms with E-state index in [0.717, 1.165) is 53.4 Å². The second kappa shape index (κ2) is 7.40. The third-order valence-electron chi connectivity index (χ3n) is 5.11. The number of aromatic nitrogens is 4. The van der Waals surface area contributed by atoms with Crippen molar-refractivity contribution in [1.82, 2.24) is 25.1 Å². The third kappa shape index (κ3) is 3.34. The number of fused-ring (bicyclic) bond motifs is 1. The molecule has 140 valence electrons. The van der Waals surface area contributed by atoms with Crippen LogP contribution in [0.3, 0.4) is 0 Å². The first kappa shape index (κ1) is 16.9. The smallest absolute Gasteiger partial charge is 0.161 e. The van der Waals surface area contributed by atoms with Crippen LogP contribution < -0.4 is 10.1 Å². The summed E-state index contributed by atoms with van der Waals surface area (Å²) in [5.74, 6) is 2.21. The van der Waals surface area contributed by atoms with Gasteiger partial charge in [0.2, 0.25) is 0 Å². The predicted molar refractivity (Wildman–Crippen MR) is 108 cm³/mol. The Kier molecular flexibility index (Phi) is 4.47.